The summed E-state index contributed by atoms with van der Waals surface area (Å²) in [6.45, 7) is 0. The number of hydrogen-bond acceptors (Lipinski definition) is 5. The number of carbonyl (C=O) groups excluding carboxylic acids is 2. The zero-order valence-corrected chi connectivity index (χ0v) is 17.2. The highest BCUT2D eigenvalue weighted by Gasteiger charge is 2.26. The average Bonchev–Trinajstić information content (AvgIpc) is 3.00. The highest BCUT2D eigenvalue weighted by atomic mass is 35.5. The standard InChI is InChI=1S/C19H19ClN2O3S2/c1-25-18(24)16-13-4-2-3-5-14(13)27-17(16)22-19(26)21-15(23)10-11-6-8-12(20)9-7-11/h6-9H,2-5,10H2,1H3,(H2,21,22,23,26). The summed E-state index contributed by atoms with van der Waals surface area (Å²) in [5.41, 5.74) is 2.41. The summed E-state index contributed by atoms with van der Waals surface area (Å²) in [7, 11) is 1.37. The number of esters is 1. The number of methoxy groups -OCH3 is 1. The summed E-state index contributed by atoms with van der Waals surface area (Å²) >= 11 is 12.6. The van der Waals surface area contributed by atoms with Gasteiger partial charge in [-0.2, -0.15) is 0 Å². The maximum Gasteiger partial charge on any atom is 0.341 e. The number of ether oxygens (including phenoxy) is 1. The zero-order chi connectivity index (χ0) is 19.4. The number of amides is 1. The molecule has 2 N–H and O–H groups in total. The summed E-state index contributed by atoms with van der Waals surface area (Å²) in [5.74, 6) is -0.622. The van der Waals surface area contributed by atoms with E-state index in [0.29, 0.717) is 15.6 Å². The Labute approximate surface area is 172 Å². The van der Waals surface area contributed by atoms with Crippen molar-refractivity contribution in [2.45, 2.75) is 32.1 Å². The van der Waals surface area contributed by atoms with E-state index in [4.69, 9.17) is 28.6 Å². The Hall–Kier alpha value is -1.96. The maximum atomic E-state index is 12.2. The summed E-state index contributed by atoms with van der Waals surface area (Å²) < 4.78 is 4.94. The van der Waals surface area contributed by atoms with Crippen LogP contribution in [-0.2, 0) is 28.8 Å². The molecule has 0 aliphatic heterocycles. The maximum absolute atomic E-state index is 12.2. The Morgan fingerprint density at radius 1 is 1.22 bits per heavy atom. The van der Waals surface area contributed by atoms with Gasteiger partial charge in [-0.05, 0) is 61.2 Å². The SMILES string of the molecule is COC(=O)c1c(NC(=S)NC(=O)Cc2ccc(Cl)cc2)sc2c1CCCC2. The number of aryl methyl sites for hydroxylation is 1. The molecule has 1 aromatic carbocycles. The van der Waals surface area contributed by atoms with E-state index in [9.17, 15) is 9.59 Å². The fourth-order valence-corrected chi connectivity index (χ4v) is 4.75. The molecule has 142 valence electrons. The Morgan fingerprint density at radius 3 is 2.63 bits per heavy atom. The van der Waals surface area contributed by atoms with Crippen molar-refractivity contribution in [3.8, 4) is 0 Å². The van der Waals surface area contributed by atoms with E-state index in [1.807, 2.05) is 0 Å². The van der Waals surface area contributed by atoms with Crippen molar-refractivity contribution < 1.29 is 14.3 Å². The highest BCUT2D eigenvalue weighted by molar-refractivity contribution is 7.80. The lowest BCUT2D eigenvalue weighted by molar-refractivity contribution is -0.119. The predicted octanol–water partition coefficient (Wildman–Crippen LogP) is 4.12. The van der Waals surface area contributed by atoms with Crippen LogP contribution in [0.3, 0.4) is 0 Å². The first kappa shape index (κ1) is 19.8. The van der Waals surface area contributed by atoms with Crippen LogP contribution in [0.15, 0.2) is 24.3 Å². The van der Waals surface area contributed by atoms with Crippen LogP contribution in [0.4, 0.5) is 5.00 Å². The van der Waals surface area contributed by atoms with E-state index in [0.717, 1.165) is 36.8 Å². The minimum Gasteiger partial charge on any atom is -0.465 e. The lowest BCUT2D eigenvalue weighted by Gasteiger charge is -2.12. The smallest absolute Gasteiger partial charge is 0.341 e. The van der Waals surface area contributed by atoms with Crippen LogP contribution in [0.25, 0.3) is 0 Å². The first-order valence-corrected chi connectivity index (χ1v) is 10.2. The number of benzene rings is 1. The van der Waals surface area contributed by atoms with Crippen molar-refractivity contribution in [1.29, 1.82) is 0 Å². The van der Waals surface area contributed by atoms with Gasteiger partial charge in [0.1, 0.15) is 5.00 Å². The molecule has 2 aromatic rings. The summed E-state index contributed by atoms with van der Waals surface area (Å²) in [6.07, 6.45) is 4.14. The molecule has 1 aliphatic carbocycles. The van der Waals surface area contributed by atoms with Crippen LogP contribution in [-0.4, -0.2) is 24.1 Å². The molecular formula is C19H19ClN2O3S2. The number of fused-ring (bicyclic) bond motifs is 1. The third kappa shape index (κ3) is 4.86. The monoisotopic (exact) mass is 422 g/mol. The number of anilines is 1. The number of carbonyl (C=O) groups is 2. The molecule has 1 aromatic heterocycles. The second kappa shape index (κ2) is 8.82. The molecule has 0 spiro atoms. The van der Waals surface area contributed by atoms with Crippen molar-refractivity contribution in [2.75, 3.05) is 12.4 Å². The summed E-state index contributed by atoms with van der Waals surface area (Å²) in [6, 6.07) is 7.06. The van der Waals surface area contributed by atoms with Crippen LogP contribution in [0.1, 0.15) is 39.2 Å². The van der Waals surface area contributed by atoms with Crippen molar-refractivity contribution >= 4 is 57.1 Å². The number of hydrogen-bond donors (Lipinski definition) is 2. The average molecular weight is 423 g/mol. The van der Waals surface area contributed by atoms with Gasteiger partial charge in [-0.15, -0.1) is 11.3 Å². The van der Waals surface area contributed by atoms with Crippen molar-refractivity contribution in [2.24, 2.45) is 0 Å². The van der Waals surface area contributed by atoms with E-state index in [-0.39, 0.29) is 23.4 Å². The Kier molecular flexibility index (Phi) is 6.46. The molecular weight excluding hydrogens is 404 g/mol. The van der Waals surface area contributed by atoms with E-state index in [1.54, 1.807) is 24.3 Å². The summed E-state index contributed by atoms with van der Waals surface area (Å²) in [4.78, 5) is 25.6. The topological polar surface area (TPSA) is 67.4 Å². The Balaban J connectivity index is 1.68. The molecule has 0 unspecified atom stereocenters. The molecule has 1 aliphatic rings. The molecule has 0 bridgehead atoms. The molecule has 0 radical (unpaired) electrons. The van der Waals surface area contributed by atoms with Gasteiger partial charge < -0.3 is 15.4 Å². The van der Waals surface area contributed by atoms with Gasteiger partial charge in [0.15, 0.2) is 5.11 Å². The van der Waals surface area contributed by atoms with Crippen LogP contribution in [0.5, 0.6) is 0 Å². The minimum absolute atomic E-state index is 0.165. The Bertz CT molecular complexity index is 878. The second-order valence-corrected chi connectivity index (χ2v) is 8.16. The van der Waals surface area contributed by atoms with Crippen LogP contribution >= 0.6 is 35.2 Å². The van der Waals surface area contributed by atoms with Gasteiger partial charge in [0, 0.05) is 9.90 Å². The lowest BCUT2D eigenvalue weighted by atomic mass is 9.95. The lowest BCUT2D eigenvalue weighted by Crippen LogP contribution is -2.35. The highest BCUT2D eigenvalue weighted by Crippen LogP contribution is 2.38. The molecule has 3 rings (SSSR count). The normalized spacial score (nSPS) is 12.8. The quantitative estimate of drug-likeness (QED) is 0.573. The zero-order valence-electron chi connectivity index (χ0n) is 14.8. The number of nitrogens with one attached hydrogen (secondary N) is 2. The van der Waals surface area contributed by atoms with Gasteiger partial charge in [0.25, 0.3) is 0 Å². The van der Waals surface area contributed by atoms with Gasteiger partial charge in [0.05, 0.1) is 19.1 Å². The molecule has 8 heteroatoms. The van der Waals surface area contributed by atoms with Crippen LogP contribution in [0.2, 0.25) is 5.02 Å². The third-order valence-corrected chi connectivity index (χ3v) is 5.98. The molecule has 1 amide bonds. The minimum atomic E-state index is -0.382. The molecule has 1 heterocycles. The predicted molar refractivity (Wildman–Crippen MR) is 112 cm³/mol. The van der Waals surface area contributed by atoms with E-state index in [2.05, 4.69) is 10.6 Å². The van der Waals surface area contributed by atoms with Crippen molar-refractivity contribution in [3.05, 3.63) is 50.9 Å². The molecule has 0 atom stereocenters. The number of rotatable bonds is 4. The van der Waals surface area contributed by atoms with Crippen molar-refractivity contribution in [3.63, 3.8) is 0 Å². The largest absolute Gasteiger partial charge is 0.465 e. The van der Waals surface area contributed by atoms with Crippen LogP contribution in [0, 0.1) is 0 Å². The molecule has 0 fully saturated rings. The number of thiophene rings is 1. The summed E-state index contributed by atoms with van der Waals surface area (Å²) in [5, 5.41) is 7.08. The fraction of sp³-hybridized carbons (Fsp3) is 0.316. The Morgan fingerprint density at radius 2 is 1.93 bits per heavy atom. The van der Waals surface area contributed by atoms with Crippen molar-refractivity contribution in [1.82, 2.24) is 5.32 Å². The first-order valence-electron chi connectivity index (χ1n) is 8.56. The van der Waals surface area contributed by atoms with E-state index >= 15 is 0 Å². The van der Waals surface area contributed by atoms with Crippen LogP contribution < -0.4 is 10.6 Å². The molecule has 5 nitrogen and oxygen atoms in total. The van der Waals surface area contributed by atoms with E-state index in [1.165, 1.54) is 23.3 Å². The van der Waals surface area contributed by atoms with Gasteiger partial charge in [0.2, 0.25) is 5.91 Å². The van der Waals surface area contributed by atoms with Gasteiger partial charge >= 0.3 is 5.97 Å². The second-order valence-electron chi connectivity index (χ2n) is 6.21. The molecule has 0 saturated heterocycles. The van der Waals surface area contributed by atoms with Gasteiger partial charge in [-0.1, -0.05) is 23.7 Å². The fourth-order valence-electron chi connectivity index (χ4n) is 3.06. The first-order chi connectivity index (χ1) is 13.0. The number of halogens is 1. The van der Waals surface area contributed by atoms with Gasteiger partial charge in [-0.25, -0.2) is 4.79 Å². The van der Waals surface area contributed by atoms with E-state index < -0.39 is 0 Å². The molecule has 0 saturated carbocycles. The third-order valence-electron chi connectivity index (χ3n) is 4.32. The molecule has 27 heavy (non-hydrogen) atoms. The van der Waals surface area contributed by atoms with Gasteiger partial charge in [-0.3, -0.25) is 4.79 Å². The number of thiocarbonyl (C=S) groups is 1.